The third-order valence-electron chi connectivity index (χ3n) is 8.54. The number of thiophene rings is 1. The fraction of sp³-hybridized carbons (Fsp3) is 0.293. The van der Waals surface area contributed by atoms with E-state index in [1.165, 1.54) is 11.3 Å². The van der Waals surface area contributed by atoms with Crippen LogP contribution in [-0.4, -0.2) is 36.8 Å². The molecule has 0 amide bonds. The van der Waals surface area contributed by atoms with Gasteiger partial charge in [0.1, 0.15) is 28.9 Å². The number of ketones is 1. The fourth-order valence-corrected chi connectivity index (χ4v) is 6.87. The lowest BCUT2D eigenvalue weighted by Crippen LogP contribution is -2.59. The predicted octanol–water partition coefficient (Wildman–Crippen LogP) is 8.69. The Bertz CT molecular complexity index is 1660. The lowest BCUT2D eigenvalue weighted by Gasteiger charge is -2.46. The maximum atomic E-state index is 12.5. The van der Waals surface area contributed by atoms with Gasteiger partial charge in [-0.25, -0.2) is 0 Å². The van der Waals surface area contributed by atoms with Crippen LogP contribution in [0.25, 0.3) is 0 Å². The molecule has 0 bridgehead atoms. The van der Waals surface area contributed by atoms with Gasteiger partial charge < -0.3 is 23.7 Å². The quantitative estimate of drug-likeness (QED) is 0.0986. The number of rotatable bonds is 16. The van der Waals surface area contributed by atoms with Crippen molar-refractivity contribution in [3.8, 4) is 5.75 Å². The molecule has 6 nitrogen and oxygen atoms in total. The van der Waals surface area contributed by atoms with Crippen molar-refractivity contribution in [1.29, 1.82) is 0 Å². The van der Waals surface area contributed by atoms with Crippen molar-refractivity contribution < 1.29 is 28.5 Å². The number of hydrogen-bond donors (Lipinski definition) is 0. The molecule has 1 aromatic heterocycles. The first kappa shape index (κ1) is 33.8. The summed E-state index contributed by atoms with van der Waals surface area (Å²) in [4.78, 5) is 13.1. The highest BCUT2D eigenvalue weighted by Crippen LogP contribution is 2.38. The van der Waals surface area contributed by atoms with Gasteiger partial charge in [-0.05, 0) is 40.1 Å². The Kier molecular flexibility index (Phi) is 12.2. The van der Waals surface area contributed by atoms with Crippen molar-refractivity contribution in [2.24, 2.45) is 5.92 Å². The zero-order valence-corrected chi connectivity index (χ0v) is 28.0. The second-order valence-corrected chi connectivity index (χ2v) is 13.0. The van der Waals surface area contributed by atoms with Crippen LogP contribution in [0.1, 0.15) is 45.3 Å². The molecule has 5 aromatic rings. The van der Waals surface area contributed by atoms with Gasteiger partial charge >= 0.3 is 0 Å². The smallest absolute Gasteiger partial charge is 0.173 e. The first-order chi connectivity index (χ1) is 23.6. The molecule has 6 rings (SSSR count). The summed E-state index contributed by atoms with van der Waals surface area (Å²) in [5.41, 5.74) is 4.28. The van der Waals surface area contributed by atoms with Gasteiger partial charge in [0, 0.05) is 12.8 Å². The van der Waals surface area contributed by atoms with Crippen LogP contribution in [0.4, 0.5) is 0 Å². The highest BCUT2D eigenvalue weighted by atomic mass is 32.1. The molecule has 1 aliphatic rings. The highest BCUT2D eigenvalue weighted by Gasteiger charge is 2.49. The predicted molar refractivity (Wildman–Crippen MR) is 188 cm³/mol. The third kappa shape index (κ3) is 9.28. The molecule has 7 heteroatoms. The molecule has 0 unspecified atom stereocenters. The Labute approximate surface area is 287 Å². The summed E-state index contributed by atoms with van der Waals surface area (Å²) in [5, 5.41) is 1.89. The largest absolute Gasteiger partial charge is 0.486 e. The van der Waals surface area contributed by atoms with Crippen molar-refractivity contribution in [2.45, 2.75) is 64.2 Å². The van der Waals surface area contributed by atoms with Crippen LogP contribution in [0, 0.1) is 5.92 Å². The molecule has 0 aliphatic heterocycles. The van der Waals surface area contributed by atoms with Gasteiger partial charge in [-0.1, -0.05) is 121 Å². The monoisotopic (exact) mass is 662 g/mol. The number of ether oxygens (including phenoxy) is 5. The molecular weight excluding hydrogens is 621 g/mol. The van der Waals surface area contributed by atoms with Crippen molar-refractivity contribution in [3.05, 3.63) is 160 Å². The first-order valence-corrected chi connectivity index (χ1v) is 17.4. The highest BCUT2D eigenvalue weighted by molar-refractivity contribution is 7.12. The van der Waals surface area contributed by atoms with Gasteiger partial charge in [-0.15, -0.1) is 11.3 Å². The molecule has 1 fully saturated rings. The molecule has 1 heterocycles. The molecule has 1 aliphatic carbocycles. The van der Waals surface area contributed by atoms with Crippen LogP contribution in [-0.2, 0) is 45.4 Å². The summed E-state index contributed by atoms with van der Waals surface area (Å²) in [6.07, 6.45) is -1.20. The standard InChI is InChI=1S/C41H42O6S/c1-30(42)41-36(22-23-48-41)47-37-24-35(29-43-25-31-14-6-2-7-15-31)38(44-26-32-16-8-3-9-17-32)40(46-28-34-20-12-5-13-21-34)39(37)45-27-33-18-10-4-11-19-33/h2-23,35,37-40H,24-29H2,1H3/t35-,37-,38-,39+,40+/m1/s1. The van der Waals surface area contributed by atoms with Crippen LogP contribution in [0.5, 0.6) is 5.75 Å². The van der Waals surface area contributed by atoms with Crippen LogP contribution < -0.4 is 4.74 Å². The maximum Gasteiger partial charge on any atom is 0.173 e. The summed E-state index contributed by atoms with van der Waals surface area (Å²) in [7, 11) is 0. The van der Waals surface area contributed by atoms with E-state index in [1.54, 1.807) is 6.92 Å². The van der Waals surface area contributed by atoms with Gasteiger partial charge in [0.15, 0.2) is 5.78 Å². The lowest BCUT2D eigenvalue weighted by atomic mass is 9.80. The van der Waals surface area contributed by atoms with Crippen LogP contribution >= 0.6 is 11.3 Å². The molecule has 0 N–H and O–H groups in total. The van der Waals surface area contributed by atoms with E-state index in [0.29, 0.717) is 50.1 Å². The zero-order chi connectivity index (χ0) is 33.0. The SMILES string of the molecule is CC(=O)c1sccc1O[C@@H]1C[C@H](COCc2ccccc2)[C@@H](OCc2ccccc2)[C@H](OCc2ccccc2)[C@H]1OCc1ccccc1. The topological polar surface area (TPSA) is 63.2 Å². The molecule has 0 spiro atoms. The minimum Gasteiger partial charge on any atom is -0.486 e. The van der Waals surface area contributed by atoms with Gasteiger partial charge in [-0.3, -0.25) is 4.79 Å². The van der Waals surface area contributed by atoms with Gasteiger partial charge in [0.2, 0.25) is 0 Å². The molecule has 0 radical (unpaired) electrons. The Hall–Kier alpha value is -4.11. The number of Topliss-reactive ketones (excluding diaryl/α,β-unsaturated/α-hetero) is 1. The first-order valence-electron chi connectivity index (χ1n) is 16.5. The Morgan fingerprint density at radius 3 is 1.56 bits per heavy atom. The second kappa shape index (κ2) is 17.3. The van der Waals surface area contributed by atoms with E-state index >= 15 is 0 Å². The number of benzene rings is 4. The van der Waals surface area contributed by atoms with Crippen LogP contribution in [0.15, 0.2) is 133 Å². The van der Waals surface area contributed by atoms with Crippen LogP contribution in [0.2, 0.25) is 0 Å². The average molecular weight is 663 g/mol. The van der Waals surface area contributed by atoms with E-state index in [0.717, 1.165) is 22.3 Å². The normalized spacial score (nSPS) is 20.7. The fourth-order valence-electron chi connectivity index (χ4n) is 6.15. The summed E-state index contributed by atoms with van der Waals surface area (Å²) in [6, 6.07) is 42.5. The Morgan fingerprint density at radius 2 is 1.06 bits per heavy atom. The van der Waals surface area contributed by atoms with Crippen molar-refractivity contribution in [1.82, 2.24) is 0 Å². The lowest BCUT2D eigenvalue weighted by molar-refractivity contribution is -0.220. The number of carbonyl (C=O) groups is 1. The summed E-state index contributed by atoms with van der Waals surface area (Å²) in [6.45, 7) is 3.67. The van der Waals surface area contributed by atoms with E-state index in [2.05, 4.69) is 48.5 Å². The Balaban J connectivity index is 1.33. The molecule has 1 saturated carbocycles. The summed E-state index contributed by atoms with van der Waals surface area (Å²) >= 11 is 1.39. The third-order valence-corrected chi connectivity index (χ3v) is 9.54. The van der Waals surface area contributed by atoms with Crippen LogP contribution in [0.3, 0.4) is 0 Å². The van der Waals surface area contributed by atoms with E-state index < -0.39 is 18.3 Å². The molecular formula is C41H42O6S. The second-order valence-electron chi connectivity index (χ2n) is 12.1. The summed E-state index contributed by atoms with van der Waals surface area (Å²) < 4.78 is 33.6. The summed E-state index contributed by atoms with van der Waals surface area (Å²) in [5.74, 6) is 0.459. The van der Waals surface area contributed by atoms with E-state index in [1.807, 2.05) is 84.2 Å². The van der Waals surface area contributed by atoms with Gasteiger partial charge in [0.25, 0.3) is 0 Å². The Morgan fingerprint density at radius 1 is 0.604 bits per heavy atom. The van der Waals surface area contributed by atoms with E-state index in [9.17, 15) is 4.79 Å². The molecule has 5 atom stereocenters. The molecule has 248 valence electrons. The van der Waals surface area contributed by atoms with Crippen molar-refractivity contribution in [3.63, 3.8) is 0 Å². The minimum atomic E-state index is -0.500. The number of carbonyl (C=O) groups excluding carboxylic acids is 1. The minimum absolute atomic E-state index is 0.0266. The molecule has 0 saturated heterocycles. The van der Waals surface area contributed by atoms with Gasteiger partial charge in [-0.2, -0.15) is 0 Å². The van der Waals surface area contributed by atoms with Crippen molar-refractivity contribution >= 4 is 17.1 Å². The van der Waals surface area contributed by atoms with Gasteiger partial charge in [0.05, 0.1) is 39.1 Å². The molecule has 48 heavy (non-hydrogen) atoms. The maximum absolute atomic E-state index is 12.5. The number of hydrogen-bond acceptors (Lipinski definition) is 7. The van der Waals surface area contributed by atoms with E-state index in [-0.39, 0.29) is 17.8 Å². The zero-order valence-electron chi connectivity index (χ0n) is 27.2. The average Bonchev–Trinajstić information content (AvgIpc) is 3.60. The van der Waals surface area contributed by atoms with E-state index in [4.69, 9.17) is 23.7 Å². The van der Waals surface area contributed by atoms with Crippen molar-refractivity contribution in [2.75, 3.05) is 6.61 Å². The molecule has 4 aromatic carbocycles.